The standard InChI is InChI=1S/C33H48F2O3/c1-5-32-18-33(32)17-21(36)11-14-31(33,4)24-12-13-30(3)22(9-10-23(30)27(24)29(32)38)19(2)7-6-8-20-15-25(34)28(37)26(35)16-20/h15-16,19,21-24,27,29,36-38H,5-14,17-18H2,1-4H3/t19-,21-,22-,23+,24?,27+,29+,30-,31-,32?,33+/m1/s1. The van der Waals surface area contributed by atoms with Crippen molar-refractivity contribution in [3.8, 4) is 5.75 Å². The quantitative estimate of drug-likeness (QED) is 0.359. The summed E-state index contributed by atoms with van der Waals surface area (Å²) in [5.41, 5.74) is 1.17. The molecule has 0 amide bonds. The molecular formula is C33H48F2O3. The highest BCUT2D eigenvalue weighted by Gasteiger charge is 2.83. The van der Waals surface area contributed by atoms with Crippen LogP contribution in [0.1, 0.15) is 104 Å². The van der Waals surface area contributed by atoms with Crippen LogP contribution in [-0.2, 0) is 6.42 Å². The molecule has 38 heavy (non-hydrogen) atoms. The largest absolute Gasteiger partial charge is 0.503 e. The van der Waals surface area contributed by atoms with E-state index in [-0.39, 0.29) is 33.9 Å². The van der Waals surface area contributed by atoms with Crippen molar-refractivity contribution in [1.29, 1.82) is 0 Å². The summed E-state index contributed by atoms with van der Waals surface area (Å²) in [4.78, 5) is 0. The van der Waals surface area contributed by atoms with Gasteiger partial charge in [-0.05, 0) is 134 Å². The van der Waals surface area contributed by atoms with E-state index in [2.05, 4.69) is 27.7 Å². The monoisotopic (exact) mass is 530 g/mol. The van der Waals surface area contributed by atoms with E-state index < -0.39 is 17.4 Å². The molecule has 6 rings (SSSR count). The lowest BCUT2D eigenvalue weighted by Gasteiger charge is -2.64. The first-order valence-corrected chi connectivity index (χ1v) is 15.5. The predicted molar refractivity (Wildman–Crippen MR) is 144 cm³/mol. The first-order valence-electron chi connectivity index (χ1n) is 15.5. The third-order valence-electron chi connectivity index (χ3n) is 13.8. The van der Waals surface area contributed by atoms with Crippen molar-refractivity contribution in [3.05, 3.63) is 29.3 Å². The van der Waals surface area contributed by atoms with Gasteiger partial charge in [0, 0.05) is 5.41 Å². The zero-order chi connectivity index (χ0) is 27.3. The molecule has 1 spiro atoms. The summed E-state index contributed by atoms with van der Waals surface area (Å²) in [5, 5.41) is 32.2. The maximum atomic E-state index is 13.8. The number of rotatable bonds is 6. The lowest BCUT2D eigenvalue weighted by molar-refractivity contribution is -0.203. The van der Waals surface area contributed by atoms with Gasteiger partial charge in [-0.15, -0.1) is 0 Å². The van der Waals surface area contributed by atoms with Crippen LogP contribution in [0.25, 0.3) is 0 Å². The topological polar surface area (TPSA) is 60.7 Å². The predicted octanol–water partition coefficient (Wildman–Crippen LogP) is 7.40. The number of aryl methyl sites for hydroxylation is 1. The van der Waals surface area contributed by atoms with Crippen LogP contribution in [0.2, 0.25) is 0 Å². The summed E-state index contributed by atoms with van der Waals surface area (Å²) in [6.07, 6.45) is 11.9. The van der Waals surface area contributed by atoms with Crippen molar-refractivity contribution in [1.82, 2.24) is 0 Å². The molecular weight excluding hydrogens is 482 g/mol. The molecule has 2 unspecified atom stereocenters. The summed E-state index contributed by atoms with van der Waals surface area (Å²) < 4.78 is 27.6. The van der Waals surface area contributed by atoms with Crippen LogP contribution < -0.4 is 0 Å². The van der Waals surface area contributed by atoms with Gasteiger partial charge in [0.15, 0.2) is 17.4 Å². The summed E-state index contributed by atoms with van der Waals surface area (Å²) in [6, 6.07) is 2.52. The number of aromatic hydroxyl groups is 1. The maximum absolute atomic E-state index is 13.8. The van der Waals surface area contributed by atoms with Crippen molar-refractivity contribution in [2.24, 2.45) is 51.2 Å². The molecule has 0 bridgehead atoms. The fraction of sp³-hybridized carbons (Fsp3) is 0.818. The Labute approximate surface area is 227 Å². The normalized spacial score (nSPS) is 48.0. The second-order valence-corrected chi connectivity index (χ2v) is 14.8. The molecule has 0 aliphatic heterocycles. The van der Waals surface area contributed by atoms with E-state index in [0.29, 0.717) is 41.6 Å². The summed E-state index contributed by atoms with van der Waals surface area (Å²) in [7, 11) is 0. The smallest absolute Gasteiger partial charge is 0.187 e. The van der Waals surface area contributed by atoms with Crippen molar-refractivity contribution >= 4 is 0 Å². The van der Waals surface area contributed by atoms with E-state index in [1.165, 1.54) is 37.8 Å². The van der Waals surface area contributed by atoms with Gasteiger partial charge in [0.2, 0.25) is 0 Å². The molecule has 3 N–H and O–H groups in total. The molecule has 5 aliphatic carbocycles. The zero-order valence-electron chi connectivity index (χ0n) is 23.8. The Kier molecular flexibility index (Phi) is 6.32. The summed E-state index contributed by atoms with van der Waals surface area (Å²) >= 11 is 0. The van der Waals surface area contributed by atoms with Gasteiger partial charge < -0.3 is 15.3 Å². The van der Waals surface area contributed by atoms with Gasteiger partial charge in [0.25, 0.3) is 0 Å². The van der Waals surface area contributed by atoms with Gasteiger partial charge in [-0.25, -0.2) is 8.78 Å². The molecule has 1 aromatic rings. The van der Waals surface area contributed by atoms with Crippen LogP contribution in [0.3, 0.4) is 0 Å². The molecule has 11 atom stereocenters. The molecule has 0 aromatic heterocycles. The fourth-order valence-electron chi connectivity index (χ4n) is 11.9. The van der Waals surface area contributed by atoms with Crippen molar-refractivity contribution in [2.75, 3.05) is 0 Å². The van der Waals surface area contributed by atoms with Crippen LogP contribution in [0.4, 0.5) is 8.78 Å². The third kappa shape index (κ3) is 3.42. The average molecular weight is 531 g/mol. The van der Waals surface area contributed by atoms with Gasteiger partial charge in [-0.1, -0.05) is 34.1 Å². The molecule has 0 heterocycles. The minimum atomic E-state index is -0.890. The van der Waals surface area contributed by atoms with E-state index in [4.69, 9.17) is 0 Å². The maximum Gasteiger partial charge on any atom is 0.187 e. The Balaban J connectivity index is 1.19. The highest BCUT2D eigenvalue weighted by molar-refractivity contribution is 5.32. The van der Waals surface area contributed by atoms with Gasteiger partial charge in [0.05, 0.1) is 12.2 Å². The van der Waals surface area contributed by atoms with Crippen molar-refractivity contribution < 1.29 is 24.1 Å². The Morgan fingerprint density at radius 2 is 1.71 bits per heavy atom. The Morgan fingerprint density at radius 3 is 2.39 bits per heavy atom. The highest BCUT2D eigenvalue weighted by Crippen LogP contribution is 2.87. The van der Waals surface area contributed by atoms with Gasteiger partial charge in [-0.3, -0.25) is 0 Å². The van der Waals surface area contributed by atoms with Crippen LogP contribution in [-0.4, -0.2) is 27.5 Å². The molecule has 5 heteroatoms. The molecule has 5 saturated carbocycles. The fourth-order valence-corrected chi connectivity index (χ4v) is 11.9. The van der Waals surface area contributed by atoms with Gasteiger partial charge in [0.1, 0.15) is 0 Å². The number of fused-ring (bicyclic) bond motifs is 4. The highest BCUT2D eigenvalue weighted by atomic mass is 19.1. The lowest BCUT2D eigenvalue weighted by Crippen LogP contribution is -2.62. The summed E-state index contributed by atoms with van der Waals surface area (Å²) in [5.74, 6) is -0.0504. The van der Waals surface area contributed by atoms with Gasteiger partial charge in [-0.2, -0.15) is 0 Å². The number of halogens is 2. The molecule has 1 aromatic carbocycles. The van der Waals surface area contributed by atoms with E-state index >= 15 is 0 Å². The number of hydrogen-bond donors (Lipinski definition) is 3. The van der Waals surface area contributed by atoms with E-state index in [1.54, 1.807) is 0 Å². The number of aliphatic hydroxyl groups is 2. The number of phenolic OH excluding ortho intramolecular Hbond substituents is 1. The van der Waals surface area contributed by atoms with E-state index in [9.17, 15) is 24.1 Å². The Morgan fingerprint density at radius 1 is 1.00 bits per heavy atom. The van der Waals surface area contributed by atoms with Crippen LogP contribution in [0.15, 0.2) is 12.1 Å². The Hall–Kier alpha value is -1.20. The number of phenols is 1. The van der Waals surface area contributed by atoms with Crippen LogP contribution in [0, 0.1) is 62.9 Å². The molecule has 5 fully saturated rings. The number of hydrogen-bond acceptors (Lipinski definition) is 3. The van der Waals surface area contributed by atoms with E-state index in [1.807, 2.05) is 0 Å². The van der Waals surface area contributed by atoms with Crippen LogP contribution >= 0.6 is 0 Å². The number of aliphatic hydroxyl groups excluding tert-OH is 2. The zero-order valence-corrected chi connectivity index (χ0v) is 23.8. The molecule has 0 saturated heterocycles. The molecule has 212 valence electrons. The van der Waals surface area contributed by atoms with Crippen molar-refractivity contribution in [2.45, 2.75) is 117 Å². The van der Waals surface area contributed by atoms with E-state index in [0.717, 1.165) is 44.9 Å². The average Bonchev–Trinajstić information content (AvgIpc) is 3.41. The lowest BCUT2D eigenvalue weighted by atomic mass is 9.41. The van der Waals surface area contributed by atoms with Crippen LogP contribution in [0.5, 0.6) is 5.75 Å². The van der Waals surface area contributed by atoms with Crippen molar-refractivity contribution in [3.63, 3.8) is 0 Å². The minimum Gasteiger partial charge on any atom is -0.503 e. The second kappa shape index (κ2) is 8.90. The first-order chi connectivity index (χ1) is 17.9. The third-order valence-corrected chi connectivity index (χ3v) is 13.8. The molecule has 3 nitrogen and oxygen atoms in total. The Bertz CT molecular complexity index is 1070. The molecule has 5 aliphatic rings. The SMILES string of the molecule is CCC12C[C@]13C[C@H](O)CC[C@]3(C)C1CC[C@]3(C)[C@@H]([C@H](C)CCCc4cc(F)c(O)c(F)c4)CC[C@H]3[C@@H]1[C@@H]2O. The number of benzene rings is 1. The van der Waals surface area contributed by atoms with Gasteiger partial charge >= 0.3 is 0 Å². The minimum absolute atomic E-state index is 0.0130. The second-order valence-electron chi connectivity index (χ2n) is 14.8. The molecule has 0 radical (unpaired) electrons. The first kappa shape index (κ1) is 27.0. The summed E-state index contributed by atoms with van der Waals surface area (Å²) in [6.45, 7) is 9.68.